The van der Waals surface area contributed by atoms with Crippen LogP contribution in [0.15, 0.2) is 47.2 Å². The summed E-state index contributed by atoms with van der Waals surface area (Å²) < 4.78 is 2.20. The second kappa shape index (κ2) is 8.17. The highest BCUT2D eigenvalue weighted by atomic mass is 16.2. The van der Waals surface area contributed by atoms with Crippen LogP contribution in [0.3, 0.4) is 0 Å². The number of carbonyl (C=O) groups is 2. The molecule has 0 atom stereocenters. The number of amides is 1. The first-order valence-corrected chi connectivity index (χ1v) is 10.1. The molecule has 1 amide bonds. The molecule has 3 rings (SSSR count). The van der Waals surface area contributed by atoms with Gasteiger partial charge in [0.2, 0.25) is 0 Å². The number of carbonyl (C=O) groups excluding carboxylic acids is 2. The van der Waals surface area contributed by atoms with Gasteiger partial charge < -0.3 is 9.88 Å². The van der Waals surface area contributed by atoms with Gasteiger partial charge in [0.25, 0.3) is 5.91 Å². The van der Waals surface area contributed by atoms with Crippen LogP contribution >= 0.6 is 0 Å². The molecule has 0 fully saturated rings. The number of nitrogens with one attached hydrogen (secondary N) is 1. The number of aryl methyl sites for hydroxylation is 1. The molecule has 4 nitrogen and oxygen atoms in total. The first-order chi connectivity index (χ1) is 13.3. The largest absolute Gasteiger partial charge is 0.348 e. The van der Waals surface area contributed by atoms with Crippen molar-refractivity contribution in [3.8, 4) is 0 Å². The summed E-state index contributed by atoms with van der Waals surface area (Å²) in [5, 5.41) is 3.95. The van der Waals surface area contributed by atoms with Crippen LogP contribution in [0.5, 0.6) is 0 Å². The Hall–Kier alpha value is -2.62. The van der Waals surface area contributed by atoms with Gasteiger partial charge in [0.1, 0.15) is 0 Å². The summed E-state index contributed by atoms with van der Waals surface area (Å²) in [7, 11) is 0. The molecule has 1 aliphatic carbocycles. The van der Waals surface area contributed by atoms with Crippen LogP contribution in [0, 0.1) is 6.92 Å². The van der Waals surface area contributed by atoms with Gasteiger partial charge in [-0.25, -0.2) is 0 Å². The lowest BCUT2D eigenvalue weighted by molar-refractivity contribution is -0.115. The molecule has 1 aromatic carbocycles. The van der Waals surface area contributed by atoms with E-state index in [1.807, 2.05) is 31.3 Å². The number of ketones is 1. The number of rotatable bonds is 6. The molecule has 2 aromatic rings. The zero-order valence-electron chi connectivity index (χ0n) is 17.6. The average Bonchev–Trinajstić information content (AvgIpc) is 3.07. The third kappa shape index (κ3) is 3.82. The Bertz CT molecular complexity index is 989. The predicted octanol–water partition coefficient (Wildman–Crippen LogP) is 5.28. The van der Waals surface area contributed by atoms with E-state index in [1.54, 1.807) is 0 Å². The maximum absolute atomic E-state index is 13.0. The summed E-state index contributed by atoms with van der Waals surface area (Å²) in [6, 6.07) is 6.21. The number of Topliss-reactive ketones (excluding diaryl/α,β-unsaturated/α-hetero) is 1. The monoisotopic (exact) mass is 378 g/mol. The maximum atomic E-state index is 13.0. The van der Waals surface area contributed by atoms with E-state index in [-0.39, 0.29) is 18.2 Å². The van der Waals surface area contributed by atoms with Crippen molar-refractivity contribution < 1.29 is 9.59 Å². The fourth-order valence-corrected chi connectivity index (χ4v) is 4.03. The molecule has 0 saturated heterocycles. The minimum atomic E-state index is -0.131. The van der Waals surface area contributed by atoms with Crippen LogP contribution in [0.2, 0.25) is 0 Å². The predicted molar refractivity (Wildman–Crippen MR) is 115 cm³/mol. The van der Waals surface area contributed by atoms with E-state index in [0.717, 1.165) is 46.0 Å². The Morgan fingerprint density at radius 3 is 2.64 bits per heavy atom. The number of aromatic nitrogens is 1. The van der Waals surface area contributed by atoms with Crippen molar-refractivity contribution in [2.24, 2.45) is 0 Å². The molecule has 1 aliphatic rings. The highest BCUT2D eigenvalue weighted by Crippen LogP contribution is 2.27. The first kappa shape index (κ1) is 20.1. The molecule has 0 radical (unpaired) electrons. The highest BCUT2D eigenvalue weighted by Gasteiger charge is 2.21. The van der Waals surface area contributed by atoms with E-state index in [2.05, 4.69) is 43.7 Å². The summed E-state index contributed by atoms with van der Waals surface area (Å²) in [6.07, 6.45) is 6.44. The molecule has 148 valence electrons. The van der Waals surface area contributed by atoms with E-state index in [1.165, 1.54) is 0 Å². The van der Waals surface area contributed by atoms with Crippen LogP contribution in [0.25, 0.3) is 10.9 Å². The molecule has 28 heavy (non-hydrogen) atoms. The van der Waals surface area contributed by atoms with E-state index in [9.17, 15) is 9.59 Å². The van der Waals surface area contributed by atoms with Gasteiger partial charge in [-0.1, -0.05) is 31.1 Å². The van der Waals surface area contributed by atoms with Crippen molar-refractivity contribution in [1.82, 2.24) is 9.88 Å². The standard InChI is InChI=1S/C24H30N2O2/c1-6-7-18-12-16(4)13-22(27)21(18)14-25-24(28)20-9-8-17(5)23-19(20)10-11-26(23)15(2)3/h8-12,15H,6-7,13-14H2,1-5H3,(H,25,28). The minimum Gasteiger partial charge on any atom is -0.348 e. The minimum absolute atomic E-state index is 0.128. The van der Waals surface area contributed by atoms with Gasteiger partial charge >= 0.3 is 0 Å². The van der Waals surface area contributed by atoms with Crippen molar-refractivity contribution in [1.29, 1.82) is 0 Å². The van der Waals surface area contributed by atoms with Crippen molar-refractivity contribution in [2.45, 2.75) is 59.9 Å². The van der Waals surface area contributed by atoms with Crippen molar-refractivity contribution in [2.75, 3.05) is 6.54 Å². The summed E-state index contributed by atoms with van der Waals surface area (Å²) in [5.41, 5.74) is 5.83. The van der Waals surface area contributed by atoms with Crippen molar-refractivity contribution in [3.63, 3.8) is 0 Å². The van der Waals surface area contributed by atoms with E-state index in [0.29, 0.717) is 18.0 Å². The van der Waals surface area contributed by atoms with Crippen LogP contribution in [0.4, 0.5) is 0 Å². The fourth-order valence-electron chi connectivity index (χ4n) is 4.03. The number of hydrogen-bond acceptors (Lipinski definition) is 2. The topological polar surface area (TPSA) is 51.1 Å². The van der Waals surface area contributed by atoms with E-state index in [4.69, 9.17) is 0 Å². The highest BCUT2D eigenvalue weighted by molar-refractivity contribution is 6.08. The van der Waals surface area contributed by atoms with Gasteiger partial charge in [-0.2, -0.15) is 0 Å². The van der Waals surface area contributed by atoms with Crippen LogP contribution < -0.4 is 5.32 Å². The number of benzene rings is 1. The van der Waals surface area contributed by atoms with E-state index < -0.39 is 0 Å². The Kier molecular flexibility index (Phi) is 5.87. The van der Waals surface area contributed by atoms with Gasteiger partial charge in [0.15, 0.2) is 5.78 Å². The second-order valence-electron chi connectivity index (χ2n) is 8.04. The van der Waals surface area contributed by atoms with Crippen LogP contribution in [-0.4, -0.2) is 22.8 Å². The van der Waals surface area contributed by atoms with Crippen molar-refractivity contribution >= 4 is 22.6 Å². The summed E-state index contributed by atoms with van der Waals surface area (Å²) in [6.45, 7) is 10.7. The molecule has 1 heterocycles. The Balaban J connectivity index is 1.89. The summed E-state index contributed by atoms with van der Waals surface area (Å²) in [4.78, 5) is 25.5. The quantitative estimate of drug-likeness (QED) is 0.744. The second-order valence-corrected chi connectivity index (χ2v) is 8.04. The molecule has 0 aliphatic heterocycles. The fraction of sp³-hybridized carbons (Fsp3) is 0.417. The van der Waals surface area contributed by atoms with Gasteiger partial charge in [-0.3, -0.25) is 9.59 Å². The zero-order chi connectivity index (χ0) is 20.4. The molecule has 4 heteroatoms. The van der Waals surface area contributed by atoms with Gasteiger partial charge in [0.05, 0.1) is 5.52 Å². The smallest absolute Gasteiger partial charge is 0.252 e. The van der Waals surface area contributed by atoms with Gasteiger partial charge in [0, 0.05) is 41.7 Å². The lowest BCUT2D eigenvalue weighted by Crippen LogP contribution is -2.29. The summed E-state index contributed by atoms with van der Waals surface area (Å²) in [5.74, 6) is -0.00214. The zero-order valence-corrected chi connectivity index (χ0v) is 17.6. The third-order valence-corrected chi connectivity index (χ3v) is 5.41. The Labute approximate surface area is 167 Å². The number of hydrogen-bond donors (Lipinski definition) is 1. The van der Waals surface area contributed by atoms with Gasteiger partial charge in [-0.15, -0.1) is 0 Å². The lowest BCUT2D eigenvalue weighted by Gasteiger charge is -2.18. The van der Waals surface area contributed by atoms with Crippen LogP contribution in [-0.2, 0) is 4.79 Å². The van der Waals surface area contributed by atoms with Gasteiger partial charge in [-0.05, 0) is 57.4 Å². The maximum Gasteiger partial charge on any atom is 0.252 e. The molecular formula is C24H30N2O2. The SMILES string of the molecule is CCCC1=C(CNC(=O)c2ccc(C)c3c2ccn3C(C)C)C(=O)CC(C)=C1. The Morgan fingerprint density at radius 1 is 1.21 bits per heavy atom. The molecule has 0 saturated carbocycles. The summed E-state index contributed by atoms with van der Waals surface area (Å²) >= 11 is 0. The molecular weight excluding hydrogens is 348 g/mol. The average molecular weight is 379 g/mol. The normalized spacial score (nSPS) is 14.8. The lowest BCUT2D eigenvalue weighted by atomic mass is 9.89. The first-order valence-electron chi connectivity index (χ1n) is 10.1. The molecule has 1 aromatic heterocycles. The molecule has 0 spiro atoms. The van der Waals surface area contributed by atoms with E-state index >= 15 is 0 Å². The third-order valence-electron chi connectivity index (χ3n) is 5.41. The van der Waals surface area contributed by atoms with Crippen LogP contribution in [0.1, 0.15) is 68.9 Å². The van der Waals surface area contributed by atoms with Crippen molar-refractivity contribution in [3.05, 3.63) is 58.3 Å². The molecule has 1 N–H and O–H groups in total. The molecule has 0 unspecified atom stereocenters. The number of allylic oxidation sites excluding steroid dienone is 3. The Morgan fingerprint density at radius 2 is 1.96 bits per heavy atom. The number of fused-ring (bicyclic) bond motifs is 1. The molecule has 0 bridgehead atoms. The number of nitrogens with zero attached hydrogens (tertiary/aromatic N) is 1.